The lowest BCUT2D eigenvalue weighted by molar-refractivity contribution is 0.378. The Morgan fingerprint density at radius 2 is 2.06 bits per heavy atom. The largest absolute Gasteiger partial charge is 0.314 e. The maximum Gasteiger partial charge on any atom is 0.0300 e. The summed E-state index contributed by atoms with van der Waals surface area (Å²) in [4.78, 5) is 4.25. The summed E-state index contributed by atoms with van der Waals surface area (Å²) in [7, 11) is 0. The first-order chi connectivity index (χ1) is 8.13. The van der Waals surface area contributed by atoms with Crippen LogP contribution in [-0.2, 0) is 6.42 Å². The Morgan fingerprint density at radius 1 is 1.29 bits per heavy atom. The molecule has 1 atom stereocenters. The molecule has 0 saturated heterocycles. The third-order valence-corrected chi connectivity index (χ3v) is 3.14. The molecule has 17 heavy (non-hydrogen) atoms. The zero-order chi connectivity index (χ0) is 12.7. The van der Waals surface area contributed by atoms with Gasteiger partial charge in [-0.2, -0.15) is 0 Å². The summed E-state index contributed by atoms with van der Waals surface area (Å²) in [6.45, 7) is 10.0. The number of pyridine rings is 1. The average Bonchev–Trinajstić information content (AvgIpc) is 2.28. The van der Waals surface area contributed by atoms with Gasteiger partial charge >= 0.3 is 0 Å². The highest BCUT2D eigenvalue weighted by Crippen LogP contribution is 2.11. The molecule has 0 aliphatic carbocycles. The van der Waals surface area contributed by atoms with Crippen LogP contribution in [0.4, 0.5) is 0 Å². The lowest BCUT2D eigenvalue weighted by atomic mass is 9.97. The molecule has 1 aromatic heterocycles. The van der Waals surface area contributed by atoms with Crippen LogP contribution in [0.2, 0.25) is 0 Å². The van der Waals surface area contributed by atoms with Gasteiger partial charge in [0.05, 0.1) is 0 Å². The van der Waals surface area contributed by atoms with E-state index >= 15 is 0 Å². The third-order valence-electron chi connectivity index (χ3n) is 3.14. The van der Waals surface area contributed by atoms with Gasteiger partial charge in [-0.25, -0.2) is 0 Å². The van der Waals surface area contributed by atoms with Crippen LogP contribution in [0.25, 0.3) is 0 Å². The van der Waals surface area contributed by atoms with Crippen LogP contribution in [0.3, 0.4) is 0 Å². The lowest BCUT2D eigenvalue weighted by Gasteiger charge is -2.22. The molecule has 0 aliphatic heterocycles. The lowest BCUT2D eigenvalue weighted by Crippen LogP contribution is -2.34. The molecule has 0 radical (unpaired) electrons. The van der Waals surface area contributed by atoms with Crippen LogP contribution in [0, 0.1) is 12.8 Å². The Morgan fingerprint density at radius 3 is 2.65 bits per heavy atom. The van der Waals surface area contributed by atoms with Crippen molar-refractivity contribution in [2.45, 2.75) is 53.0 Å². The smallest absolute Gasteiger partial charge is 0.0300 e. The normalized spacial score (nSPS) is 13.0. The summed E-state index contributed by atoms with van der Waals surface area (Å²) in [5, 5.41) is 3.63. The van der Waals surface area contributed by atoms with Crippen molar-refractivity contribution in [3.8, 4) is 0 Å². The van der Waals surface area contributed by atoms with E-state index in [-0.39, 0.29) is 0 Å². The molecule has 0 aromatic carbocycles. The molecule has 1 unspecified atom stereocenters. The molecule has 96 valence electrons. The number of aryl methyl sites for hydroxylation is 2. The second-order valence-electron chi connectivity index (χ2n) is 5.21. The van der Waals surface area contributed by atoms with Crippen molar-refractivity contribution in [2.75, 3.05) is 6.54 Å². The SMILES string of the molecule is CCCNC(CCc1cncc(C)c1)C(C)C. The van der Waals surface area contributed by atoms with Gasteiger partial charge < -0.3 is 5.32 Å². The van der Waals surface area contributed by atoms with Gasteiger partial charge in [0, 0.05) is 18.4 Å². The molecule has 0 amide bonds. The van der Waals surface area contributed by atoms with E-state index in [1.165, 1.54) is 24.0 Å². The Bertz CT molecular complexity index is 320. The molecular weight excluding hydrogens is 208 g/mol. The fraction of sp³-hybridized carbons (Fsp3) is 0.667. The molecule has 0 spiro atoms. The molecule has 0 aliphatic rings. The first kappa shape index (κ1) is 14.2. The predicted molar refractivity (Wildman–Crippen MR) is 74.2 cm³/mol. The Hall–Kier alpha value is -0.890. The summed E-state index contributed by atoms with van der Waals surface area (Å²) in [6.07, 6.45) is 7.43. The van der Waals surface area contributed by atoms with Gasteiger partial charge in [0.25, 0.3) is 0 Å². The topological polar surface area (TPSA) is 24.9 Å². The minimum atomic E-state index is 0.621. The first-order valence-corrected chi connectivity index (χ1v) is 6.77. The molecule has 0 bridgehead atoms. The molecule has 0 fully saturated rings. The van der Waals surface area contributed by atoms with Crippen molar-refractivity contribution >= 4 is 0 Å². The van der Waals surface area contributed by atoms with Gasteiger partial charge in [-0.15, -0.1) is 0 Å². The fourth-order valence-electron chi connectivity index (χ4n) is 2.08. The van der Waals surface area contributed by atoms with Crippen LogP contribution in [-0.4, -0.2) is 17.6 Å². The van der Waals surface area contributed by atoms with Crippen molar-refractivity contribution < 1.29 is 0 Å². The Balaban J connectivity index is 2.45. The van der Waals surface area contributed by atoms with Gasteiger partial charge in [0.1, 0.15) is 0 Å². The van der Waals surface area contributed by atoms with Crippen LogP contribution in [0.1, 0.15) is 44.7 Å². The summed E-state index contributed by atoms with van der Waals surface area (Å²) in [5.74, 6) is 0.694. The molecule has 1 N–H and O–H groups in total. The van der Waals surface area contributed by atoms with E-state index in [0.717, 1.165) is 13.0 Å². The van der Waals surface area contributed by atoms with E-state index in [2.05, 4.69) is 44.1 Å². The number of nitrogens with one attached hydrogen (secondary N) is 1. The summed E-state index contributed by atoms with van der Waals surface area (Å²) in [6, 6.07) is 2.86. The van der Waals surface area contributed by atoms with E-state index in [0.29, 0.717) is 12.0 Å². The minimum absolute atomic E-state index is 0.621. The Kier molecular flexibility index (Phi) is 6.20. The zero-order valence-electron chi connectivity index (χ0n) is 11.7. The highest BCUT2D eigenvalue weighted by Gasteiger charge is 2.12. The molecule has 1 heterocycles. The number of rotatable bonds is 7. The van der Waals surface area contributed by atoms with E-state index in [9.17, 15) is 0 Å². The van der Waals surface area contributed by atoms with Crippen LogP contribution in [0.15, 0.2) is 18.5 Å². The van der Waals surface area contributed by atoms with Crippen molar-refractivity contribution in [1.29, 1.82) is 0 Å². The van der Waals surface area contributed by atoms with E-state index in [1.54, 1.807) is 0 Å². The highest BCUT2D eigenvalue weighted by molar-refractivity contribution is 5.16. The summed E-state index contributed by atoms with van der Waals surface area (Å²) in [5.41, 5.74) is 2.61. The van der Waals surface area contributed by atoms with E-state index in [1.807, 2.05) is 12.4 Å². The molecule has 1 rings (SSSR count). The molecule has 2 nitrogen and oxygen atoms in total. The monoisotopic (exact) mass is 234 g/mol. The van der Waals surface area contributed by atoms with Crippen LogP contribution >= 0.6 is 0 Å². The van der Waals surface area contributed by atoms with Gasteiger partial charge in [0.15, 0.2) is 0 Å². The molecule has 0 saturated carbocycles. The van der Waals surface area contributed by atoms with Gasteiger partial charge in [-0.05, 0) is 49.8 Å². The average molecular weight is 234 g/mol. The summed E-state index contributed by atoms with van der Waals surface area (Å²) >= 11 is 0. The molecule has 2 heteroatoms. The quantitative estimate of drug-likeness (QED) is 0.782. The number of hydrogen-bond donors (Lipinski definition) is 1. The second-order valence-corrected chi connectivity index (χ2v) is 5.21. The van der Waals surface area contributed by atoms with Crippen LogP contribution in [0.5, 0.6) is 0 Å². The van der Waals surface area contributed by atoms with Gasteiger partial charge in [0.2, 0.25) is 0 Å². The van der Waals surface area contributed by atoms with Crippen molar-refractivity contribution in [3.05, 3.63) is 29.6 Å². The maximum absolute atomic E-state index is 4.25. The zero-order valence-corrected chi connectivity index (χ0v) is 11.7. The number of aromatic nitrogens is 1. The van der Waals surface area contributed by atoms with Crippen molar-refractivity contribution in [2.24, 2.45) is 5.92 Å². The first-order valence-electron chi connectivity index (χ1n) is 6.77. The molecule has 1 aromatic rings. The Labute approximate surface area is 106 Å². The predicted octanol–water partition coefficient (Wildman–Crippen LogP) is 3.35. The number of hydrogen-bond acceptors (Lipinski definition) is 2. The fourth-order valence-corrected chi connectivity index (χ4v) is 2.08. The maximum atomic E-state index is 4.25. The minimum Gasteiger partial charge on any atom is -0.314 e. The standard InChI is InChI=1S/C15H26N2/c1-5-8-17-15(12(2)3)7-6-14-9-13(4)10-16-11-14/h9-12,15,17H,5-8H2,1-4H3. The van der Waals surface area contributed by atoms with Crippen molar-refractivity contribution in [3.63, 3.8) is 0 Å². The van der Waals surface area contributed by atoms with Gasteiger partial charge in [-0.1, -0.05) is 26.8 Å². The summed E-state index contributed by atoms with van der Waals surface area (Å²) < 4.78 is 0. The highest BCUT2D eigenvalue weighted by atomic mass is 14.9. The number of nitrogens with zero attached hydrogens (tertiary/aromatic N) is 1. The molecular formula is C15H26N2. The second kappa shape index (κ2) is 7.44. The van der Waals surface area contributed by atoms with Crippen LogP contribution < -0.4 is 5.32 Å². The third kappa shape index (κ3) is 5.31. The van der Waals surface area contributed by atoms with Gasteiger partial charge in [-0.3, -0.25) is 4.98 Å². The van der Waals surface area contributed by atoms with Crippen molar-refractivity contribution in [1.82, 2.24) is 10.3 Å². The van der Waals surface area contributed by atoms with E-state index < -0.39 is 0 Å². The van der Waals surface area contributed by atoms with E-state index in [4.69, 9.17) is 0 Å².